The first kappa shape index (κ1) is 11.4. The molecule has 0 aliphatic heterocycles. The normalized spacial score (nSPS) is 10.7. The van der Waals surface area contributed by atoms with Crippen LogP contribution in [0.25, 0.3) is 0 Å². The summed E-state index contributed by atoms with van der Waals surface area (Å²) in [6.45, 7) is -0.375. The summed E-state index contributed by atoms with van der Waals surface area (Å²) in [4.78, 5) is 13.9. The number of halogens is 3. The van der Waals surface area contributed by atoms with E-state index in [0.717, 1.165) is 0 Å². The molecule has 0 bridgehead atoms. The fourth-order valence-corrected chi connectivity index (χ4v) is 1.16. The van der Waals surface area contributed by atoms with E-state index in [2.05, 4.69) is 4.98 Å². The van der Waals surface area contributed by atoms with E-state index in [4.69, 9.17) is 10.8 Å². The first-order valence-corrected chi connectivity index (χ1v) is 3.87. The Labute approximate surface area is 82.5 Å². The van der Waals surface area contributed by atoms with Gasteiger partial charge in [0.1, 0.15) is 5.56 Å². The SMILES string of the molecule is NCc1ncc(F)c(C(=O)O)c1C(F)F. The Bertz CT molecular complexity index is 396. The number of carbonyl (C=O) groups is 1. The Kier molecular flexibility index (Phi) is 3.25. The van der Waals surface area contributed by atoms with Crippen LogP contribution in [-0.4, -0.2) is 16.1 Å². The highest BCUT2D eigenvalue weighted by Gasteiger charge is 2.26. The Balaban J connectivity index is 3.51. The summed E-state index contributed by atoms with van der Waals surface area (Å²) >= 11 is 0. The lowest BCUT2D eigenvalue weighted by Crippen LogP contribution is -2.14. The average Bonchev–Trinajstić information content (AvgIpc) is 2.16. The maximum Gasteiger partial charge on any atom is 0.339 e. The van der Waals surface area contributed by atoms with Crippen LogP contribution in [0, 0.1) is 5.82 Å². The minimum absolute atomic E-state index is 0.316. The quantitative estimate of drug-likeness (QED) is 0.805. The third-order valence-electron chi connectivity index (χ3n) is 1.78. The molecule has 1 aromatic rings. The monoisotopic (exact) mass is 220 g/mol. The molecule has 0 aromatic carbocycles. The highest BCUT2D eigenvalue weighted by molar-refractivity contribution is 5.90. The predicted molar refractivity (Wildman–Crippen MR) is 44.0 cm³/mol. The molecule has 0 atom stereocenters. The van der Waals surface area contributed by atoms with Gasteiger partial charge in [-0.1, -0.05) is 0 Å². The number of pyridine rings is 1. The third kappa shape index (κ3) is 2.07. The van der Waals surface area contributed by atoms with Crippen molar-refractivity contribution < 1.29 is 23.1 Å². The molecule has 7 heteroatoms. The lowest BCUT2D eigenvalue weighted by molar-refractivity contribution is 0.0677. The van der Waals surface area contributed by atoms with Crippen LogP contribution in [0.15, 0.2) is 6.20 Å². The van der Waals surface area contributed by atoms with E-state index in [1.54, 1.807) is 0 Å². The summed E-state index contributed by atoms with van der Waals surface area (Å²) in [6, 6.07) is 0. The number of aromatic carboxylic acids is 1. The summed E-state index contributed by atoms with van der Waals surface area (Å²) in [5.41, 5.74) is 2.76. The molecule has 3 N–H and O–H groups in total. The van der Waals surface area contributed by atoms with Crippen molar-refractivity contribution in [2.24, 2.45) is 5.73 Å². The van der Waals surface area contributed by atoms with Crippen molar-refractivity contribution in [3.05, 3.63) is 28.8 Å². The zero-order valence-corrected chi connectivity index (χ0v) is 7.38. The fraction of sp³-hybridized carbons (Fsp3) is 0.250. The van der Waals surface area contributed by atoms with Crippen molar-refractivity contribution in [1.29, 1.82) is 0 Å². The molecular formula is C8H7F3N2O2. The van der Waals surface area contributed by atoms with Crippen molar-refractivity contribution in [3.8, 4) is 0 Å². The summed E-state index contributed by atoms with van der Waals surface area (Å²) < 4.78 is 37.9. The third-order valence-corrected chi connectivity index (χ3v) is 1.78. The molecule has 0 amide bonds. The molecule has 0 radical (unpaired) electrons. The molecule has 4 nitrogen and oxygen atoms in total. The number of carboxylic acids is 1. The second-order valence-corrected chi connectivity index (χ2v) is 2.65. The van der Waals surface area contributed by atoms with Gasteiger partial charge in [0.25, 0.3) is 6.43 Å². The van der Waals surface area contributed by atoms with Gasteiger partial charge in [-0.2, -0.15) is 0 Å². The maximum atomic E-state index is 13.0. The minimum atomic E-state index is -3.13. The lowest BCUT2D eigenvalue weighted by Gasteiger charge is -2.09. The van der Waals surface area contributed by atoms with Crippen LogP contribution in [-0.2, 0) is 6.54 Å². The van der Waals surface area contributed by atoms with Crippen molar-refractivity contribution in [3.63, 3.8) is 0 Å². The summed E-state index contributed by atoms with van der Waals surface area (Å²) in [6.07, 6.45) is -2.56. The van der Waals surface area contributed by atoms with Gasteiger partial charge in [0.05, 0.1) is 17.5 Å². The first-order valence-electron chi connectivity index (χ1n) is 3.87. The fourth-order valence-electron chi connectivity index (χ4n) is 1.16. The van der Waals surface area contributed by atoms with Crippen LogP contribution in [0.1, 0.15) is 28.0 Å². The molecule has 0 aliphatic rings. The topological polar surface area (TPSA) is 76.2 Å². The smallest absolute Gasteiger partial charge is 0.339 e. The molecule has 0 unspecified atom stereocenters. The Hall–Kier alpha value is -1.63. The number of rotatable bonds is 3. The van der Waals surface area contributed by atoms with Gasteiger partial charge in [0, 0.05) is 6.54 Å². The van der Waals surface area contributed by atoms with E-state index in [1.165, 1.54) is 0 Å². The van der Waals surface area contributed by atoms with Crippen LogP contribution >= 0.6 is 0 Å². The van der Waals surface area contributed by atoms with Gasteiger partial charge in [-0.3, -0.25) is 4.98 Å². The molecule has 0 aliphatic carbocycles. The molecule has 0 saturated heterocycles. The number of alkyl halides is 2. The molecule has 1 aromatic heterocycles. The number of nitrogens with two attached hydrogens (primary N) is 1. The largest absolute Gasteiger partial charge is 0.478 e. The first-order chi connectivity index (χ1) is 6.99. The number of hydrogen-bond acceptors (Lipinski definition) is 3. The molecule has 0 fully saturated rings. The number of carboxylic acid groups (broad SMARTS) is 1. The van der Waals surface area contributed by atoms with E-state index >= 15 is 0 Å². The van der Waals surface area contributed by atoms with Crippen LogP contribution < -0.4 is 5.73 Å². The molecule has 0 saturated carbocycles. The minimum Gasteiger partial charge on any atom is -0.478 e. The van der Waals surface area contributed by atoms with E-state index in [0.29, 0.717) is 6.20 Å². The molecule has 1 heterocycles. The summed E-state index contributed by atoms with van der Waals surface area (Å²) in [7, 11) is 0. The zero-order valence-electron chi connectivity index (χ0n) is 7.38. The Morgan fingerprint density at radius 2 is 2.20 bits per heavy atom. The molecule has 0 spiro atoms. The van der Waals surface area contributed by atoms with Crippen LogP contribution in [0.3, 0.4) is 0 Å². The summed E-state index contributed by atoms with van der Waals surface area (Å²) in [5.74, 6) is -3.06. The van der Waals surface area contributed by atoms with Gasteiger partial charge >= 0.3 is 5.97 Å². The molecule has 15 heavy (non-hydrogen) atoms. The van der Waals surface area contributed by atoms with Gasteiger partial charge < -0.3 is 10.8 Å². The molecule has 1 rings (SSSR count). The number of hydrogen-bond donors (Lipinski definition) is 2. The van der Waals surface area contributed by atoms with Gasteiger partial charge in [-0.05, 0) is 0 Å². The molecule has 82 valence electrons. The predicted octanol–water partition coefficient (Wildman–Crippen LogP) is 1.32. The van der Waals surface area contributed by atoms with Crippen molar-refractivity contribution >= 4 is 5.97 Å². The van der Waals surface area contributed by atoms with Crippen molar-refractivity contribution in [2.45, 2.75) is 13.0 Å². The number of nitrogens with zero attached hydrogens (tertiary/aromatic N) is 1. The van der Waals surface area contributed by atoms with Crippen molar-refractivity contribution in [1.82, 2.24) is 4.98 Å². The van der Waals surface area contributed by atoms with Gasteiger partial charge in [-0.25, -0.2) is 18.0 Å². The summed E-state index contributed by atoms with van der Waals surface area (Å²) in [5, 5.41) is 8.57. The Morgan fingerprint density at radius 1 is 1.60 bits per heavy atom. The van der Waals surface area contributed by atoms with E-state index < -0.39 is 29.3 Å². The van der Waals surface area contributed by atoms with Crippen LogP contribution in [0.5, 0.6) is 0 Å². The Morgan fingerprint density at radius 3 is 2.60 bits per heavy atom. The van der Waals surface area contributed by atoms with Gasteiger partial charge in [0.15, 0.2) is 5.82 Å². The van der Waals surface area contributed by atoms with Crippen LogP contribution in [0.4, 0.5) is 13.2 Å². The van der Waals surface area contributed by atoms with E-state index in [-0.39, 0.29) is 12.2 Å². The van der Waals surface area contributed by atoms with E-state index in [1.807, 2.05) is 0 Å². The highest BCUT2D eigenvalue weighted by atomic mass is 19.3. The molecular weight excluding hydrogens is 213 g/mol. The lowest BCUT2D eigenvalue weighted by atomic mass is 10.1. The van der Waals surface area contributed by atoms with Crippen LogP contribution in [0.2, 0.25) is 0 Å². The van der Waals surface area contributed by atoms with Gasteiger partial charge in [-0.15, -0.1) is 0 Å². The highest BCUT2D eigenvalue weighted by Crippen LogP contribution is 2.27. The average molecular weight is 220 g/mol. The number of aromatic nitrogens is 1. The zero-order chi connectivity index (χ0) is 11.6. The second kappa shape index (κ2) is 4.26. The van der Waals surface area contributed by atoms with Gasteiger partial charge in [0.2, 0.25) is 0 Å². The van der Waals surface area contributed by atoms with Crippen molar-refractivity contribution in [2.75, 3.05) is 0 Å². The standard InChI is InChI=1S/C8H7F3N2O2/c9-3-2-13-4(1-12)6(7(10)11)5(3)8(14)15/h2,7H,1,12H2,(H,14,15). The second-order valence-electron chi connectivity index (χ2n) is 2.65. The maximum absolute atomic E-state index is 13.0. The van der Waals surface area contributed by atoms with E-state index in [9.17, 15) is 18.0 Å².